The fourth-order valence-corrected chi connectivity index (χ4v) is 1.71. The molecule has 0 spiro atoms. The van der Waals surface area contributed by atoms with Crippen molar-refractivity contribution >= 4 is 17.5 Å². The van der Waals surface area contributed by atoms with Gasteiger partial charge < -0.3 is 15.5 Å². The third-order valence-electron chi connectivity index (χ3n) is 2.81. The zero-order chi connectivity index (χ0) is 14.3. The molecule has 0 fully saturated rings. The van der Waals surface area contributed by atoms with Crippen LogP contribution in [0.2, 0.25) is 0 Å². The Morgan fingerprint density at radius 2 is 2.21 bits per heavy atom. The molecule has 6 nitrogen and oxygen atoms in total. The van der Waals surface area contributed by atoms with Crippen LogP contribution in [-0.4, -0.2) is 43.1 Å². The summed E-state index contributed by atoms with van der Waals surface area (Å²) in [5.41, 5.74) is 0. The van der Waals surface area contributed by atoms with Gasteiger partial charge in [0.1, 0.15) is 11.6 Å². The first-order valence-corrected chi connectivity index (χ1v) is 6.57. The van der Waals surface area contributed by atoms with Gasteiger partial charge in [-0.2, -0.15) is 0 Å². The highest BCUT2D eigenvalue weighted by Crippen LogP contribution is 2.12. The van der Waals surface area contributed by atoms with Gasteiger partial charge in [0.25, 0.3) is 0 Å². The van der Waals surface area contributed by atoms with Crippen molar-refractivity contribution in [3.8, 4) is 0 Å². The molecule has 1 aromatic heterocycles. The van der Waals surface area contributed by atoms with E-state index in [-0.39, 0.29) is 11.8 Å². The Hall–Kier alpha value is -1.85. The zero-order valence-electron chi connectivity index (χ0n) is 12.1. The topological polar surface area (TPSA) is 70.2 Å². The lowest BCUT2D eigenvalue weighted by Gasteiger charge is -2.21. The van der Waals surface area contributed by atoms with Crippen molar-refractivity contribution < 1.29 is 4.79 Å². The molecule has 1 amide bonds. The standard InChI is InChI=1S/C13H23N5O/c1-5-6-16-11-7-15-8-12(17-11)18(4)9-10(2)13(19)14-3/h7-8,10H,5-6,9H2,1-4H3,(H,14,19)(H,16,17). The highest BCUT2D eigenvalue weighted by atomic mass is 16.1. The number of rotatable bonds is 7. The summed E-state index contributed by atoms with van der Waals surface area (Å²) in [6, 6.07) is 0. The van der Waals surface area contributed by atoms with Crippen molar-refractivity contribution in [2.45, 2.75) is 20.3 Å². The summed E-state index contributed by atoms with van der Waals surface area (Å²) in [4.78, 5) is 22.1. The predicted molar refractivity (Wildman–Crippen MR) is 77.3 cm³/mol. The van der Waals surface area contributed by atoms with Crippen LogP contribution in [0.1, 0.15) is 20.3 Å². The predicted octanol–water partition coefficient (Wildman–Crippen LogP) is 1.12. The van der Waals surface area contributed by atoms with Gasteiger partial charge in [0, 0.05) is 27.2 Å². The number of nitrogens with zero attached hydrogens (tertiary/aromatic N) is 3. The quantitative estimate of drug-likeness (QED) is 0.773. The van der Waals surface area contributed by atoms with E-state index in [1.54, 1.807) is 19.4 Å². The first-order chi connectivity index (χ1) is 9.08. The number of anilines is 2. The maximum absolute atomic E-state index is 11.5. The second-order valence-electron chi connectivity index (χ2n) is 4.59. The second-order valence-corrected chi connectivity index (χ2v) is 4.59. The molecule has 0 saturated carbocycles. The molecule has 106 valence electrons. The summed E-state index contributed by atoms with van der Waals surface area (Å²) < 4.78 is 0. The summed E-state index contributed by atoms with van der Waals surface area (Å²) in [5.74, 6) is 1.46. The monoisotopic (exact) mass is 265 g/mol. The maximum Gasteiger partial charge on any atom is 0.224 e. The van der Waals surface area contributed by atoms with Crippen LogP contribution in [0.3, 0.4) is 0 Å². The van der Waals surface area contributed by atoms with Crippen LogP contribution in [0.25, 0.3) is 0 Å². The number of amides is 1. The summed E-state index contributed by atoms with van der Waals surface area (Å²) in [5, 5.41) is 5.84. The number of nitrogens with one attached hydrogen (secondary N) is 2. The molecule has 19 heavy (non-hydrogen) atoms. The Balaban J connectivity index is 2.65. The Bertz CT molecular complexity index is 410. The number of hydrogen-bond donors (Lipinski definition) is 2. The lowest BCUT2D eigenvalue weighted by molar-refractivity contribution is -0.123. The first kappa shape index (κ1) is 15.2. The van der Waals surface area contributed by atoms with E-state index in [9.17, 15) is 4.79 Å². The molecule has 0 aliphatic rings. The van der Waals surface area contributed by atoms with Gasteiger partial charge in [0.15, 0.2) is 0 Å². The molecule has 1 atom stereocenters. The van der Waals surface area contributed by atoms with Crippen molar-refractivity contribution in [3.05, 3.63) is 12.4 Å². The van der Waals surface area contributed by atoms with E-state index in [4.69, 9.17) is 0 Å². The van der Waals surface area contributed by atoms with Crippen molar-refractivity contribution in [1.29, 1.82) is 0 Å². The summed E-state index contributed by atoms with van der Waals surface area (Å²) in [7, 11) is 3.56. The van der Waals surface area contributed by atoms with E-state index >= 15 is 0 Å². The molecule has 0 saturated heterocycles. The Morgan fingerprint density at radius 3 is 2.84 bits per heavy atom. The Labute approximate surface area is 114 Å². The van der Waals surface area contributed by atoms with Gasteiger partial charge >= 0.3 is 0 Å². The molecular weight excluding hydrogens is 242 g/mol. The molecule has 0 radical (unpaired) electrons. The minimum absolute atomic E-state index is 0.0278. The SMILES string of the molecule is CCCNc1cncc(N(C)CC(C)C(=O)NC)n1. The molecule has 0 aliphatic carbocycles. The number of aromatic nitrogens is 2. The molecule has 1 unspecified atom stereocenters. The van der Waals surface area contributed by atoms with E-state index in [1.165, 1.54) is 0 Å². The summed E-state index contributed by atoms with van der Waals surface area (Å²) in [6.07, 6.45) is 4.44. The van der Waals surface area contributed by atoms with Crippen LogP contribution in [0.5, 0.6) is 0 Å². The van der Waals surface area contributed by atoms with Crippen LogP contribution in [0.4, 0.5) is 11.6 Å². The van der Waals surface area contributed by atoms with Crippen LogP contribution < -0.4 is 15.5 Å². The smallest absolute Gasteiger partial charge is 0.224 e. The largest absolute Gasteiger partial charge is 0.369 e. The van der Waals surface area contributed by atoms with Gasteiger partial charge in [0.05, 0.1) is 18.3 Å². The average molecular weight is 265 g/mol. The third-order valence-corrected chi connectivity index (χ3v) is 2.81. The molecule has 1 aromatic rings. The van der Waals surface area contributed by atoms with Crippen LogP contribution in [0.15, 0.2) is 12.4 Å². The van der Waals surface area contributed by atoms with Crippen molar-refractivity contribution in [1.82, 2.24) is 15.3 Å². The molecule has 0 aromatic carbocycles. The van der Waals surface area contributed by atoms with E-state index in [2.05, 4.69) is 27.5 Å². The van der Waals surface area contributed by atoms with Crippen molar-refractivity contribution in [3.63, 3.8) is 0 Å². The molecule has 6 heteroatoms. The highest BCUT2D eigenvalue weighted by Gasteiger charge is 2.14. The molecule has 2 N–H and O–H groups in total. The van der Waals surface area contributed by atoms with Crippen molar-refractivity contribution in [2.75, 3.05) is 37.4 Å². The van der Waals surface area contributed by atoms with E-state index in [0.717, 1.165) is 24.6 Å². The average Bonchev–Trinajstić information content (AvgIpc) is 2.44. The number of carbonyl (C=O) groups is 1. The lowest BCUT2D eigenvalue weighted by Crippen LogP contribution is -2.34. The Morgan fingerprint density at radius 1 is 1.47 bits per heavy atom. The van der Waals surface area contributed by atoms with Crippen molar-refractivity contribution in [2.24, 2.45) is 5.92 Å². The highest BCUT2D eigenvalue weighted by molar-refractivity contribution is 5.78. The van der Waals surface area contributed by atoms with E-state index in [1.807, 2.05) is 18.9 Å². The minimum atomic E-state index is -0.0935. The van der Waals surface area contributed by atoms with E-state index < -0.39 is 0 Å². The van der Waals surface area contributed by atoms with Gasteiger partial charge in [-0.1, -0.05) is 13.8 Å². The van der Waals surface area contributed by atoms with Gasteiger partial charge in [-0.05, 0) is 6.42 Å². The molecule has 1 heterocycles. The minimum Gasteiger partial charge on any atom is -0.369 e. The van der Waals surface area contributed by atoms with Gasteiger partial charge in [0.2, 0.25) is 5.91 Å². The fourth-order valence-electron chi connectivity index (χ4n) is 1.71. The third kappa shape index (κ3) is 4.73. The fraction of sp³-hybridized carbons (Fsp3) is 0.615. The van der Waals surface area contributed by atoms with Crippen LogP contribution in [-0.2, 0) is 4.79 Å². The first-order valence-electron chi connectivity index (χ1n) is 6.57. The lowest BCUT2D eigenvalue weighted by atomic mass is 10.1. The normalized spacial score (nSPS) is 11.8. The van der Waals surface area contributed by atoms with Crippen LogP contribution >= 0.6 is 0 Å². The molecule has 0 bridgehead atoms. The second kappa shape index (κ2) is 7.56. The van der Waals surface area contributed by atoms with Gasteiger partial charge in [-0.15, -0.1) is 0 Å². The summed E-state index contributed by atoms with van der Waals surface area (Å²) >= 11 is 0. The number of carbonyl (C=O) groups excluding carboxylic acids is 1. The molecule has 0 aliphatic heterocycles. The van der Waals surface area contributed by atoms with Crippen LogP contribution in [0, 0.1) is 5.92 Å². The Kier molecular flexibility index (Phi) is 6.05. The summed E-state index contributed by atoms with van der Waals surface area (Å²) in [6.45, 7) is 5.46. The molecular formula is C13H23N5O. The number of hydrogen-bond acceptors (Lipinski definition) is 5. The van der Waals surface area contributed by atoms with E-state index in [0.29, 0.717) is 6.54 Å². The molecule has 1 rings (SSSR count). The van der Waals surface area contributed by atoms with Gasteiger partial charge in [-0.3, -0.25) is 9.78 Å². The maximum atomic E-state index is 11.5. The zero-order valence-corrected chi connectivity index (χ0v) is 12.1. The van der Waals surface area contributed by atoms with Gasteiger partial charge in [-0.25, -0.2) is 4.98 Å².